The third-order valence-corrected chi connectivity index (χ3v) is 6.24. The quantitative estimate of drug-likeness (QED) is 0.210. The van der Waals surface area contributed by atoms with Crippen molar-refractivity contribution in [3.63, 3.8) is 0 Å². The van der Waals surface area contributed by atoms with E-state index in [1.807, 2.05) is 13.8 Å². The number of phenolic OH excluding ortho intramolecular Hbond substituents is 1. The first-order valence-electron chi connectivity index (χ1n) is 10.5. The van der Waals surface area contributed by atoms with Crippen LogP contribution in [0.2, 0.25) is 0 Å². The predicted molar refractivity (Wildman–Crippen MR) is 122 cm³/mol. The predicted octanol–water partition coefficient (Wildman–Crippen LogP) is 0.845. The number of aryl methyl sites for hydroxylation is 1. The van der Waals surface area contributed by atoms with Crippen molar-refractivity contribution in [2.45, 2.75) is 71.4 Å². The second-order valence-electron chi connectivity index (χ2n) is 8.56. The summed E-state index contributed by atoms with van der Waals surface area (Å²) < 4.78 is 11.6. The van der Waals surface area contributed by atoms with E-state index in [2.05, 4.69) is 16.0 Å². The van der Waals surface area contributed by atoms with E-state index >= 15 is 0 Å². The van der Waals surface area contributed by atoms with Crippen molar-refractivity contribution in [3.05, 3.63) is 29.3 Å². The van der Waals surface area contributed by atoms with E-state index in [1.54, 1.807) is 13.0 Å². The first-order chi connectivity index (χ1) is 15.1. The molecule has 33 heavy (non-hydrogen) atoms. The van der Waals surface area contributed by atoms with Crippen LogP contribution < -0.4 is 16.0 Å². The molecule has 12 heteroatoms. The molecule has 0 spiro atoms. The number of carboxylic acids is 1. The number of benzene rings is 1. The maximum atomic E-state index is 13.0. The Morgan fingerprint density at radius 2 is 1.58 bits per heavy atom. The topological polar surface area (TPSA) is 185 Å². The summed E-state index contributed by atoms with van der Waals surface area (Å²) in [5.74, 6) is -3.88. The van der Waals surface area contributed by atoms with Gasteiger partial charge in [-0.25, -0.2) is 0 Å². The van der Waals surface area contributed by atoms with Crippen molar-refractivity contribution in [2.75, 3.05) is 0 Å². The molecule has 0 saturated heterocycles. The average Bonchev–Trinajstić information content (AvgIpc) is 2.67. The molecule has 1 aromatic rings. The monoisotopic (exact) mass is 487 g/mol. The lowest BCUT2D eigenvalue weighted by Crippen LogP contribution is -2.56. The largest absolute Gasteiger partial charge is 0.508 e. The van der Waals surface area contributed by atoms with Crippen molar-refractivity contribution < 1.29 is 38.9 Å². The fourth-order valence-corrected chi connectivity index (χ4v) is 3.47. The number of aliphatic carboxylic acids is 1. The van der Waals surface area contributed by atoms with Crippen molar-refractivity contribution in [1.29, 1.82) is 0 Å². The number of nitrogens with one attached hydrogen (secondary N) is 3. The van der Waals surface area contributed by atoms with Gasteiger partial charge >= 0.3 is 13.6 Å². The van der Waals surface area contributed by atoms with E-state index in [1.165, 1.54) is 26.0 Å². The number of hydrogen-bond donors (Lipinski definition) is 7. The highest BCUT2D eigenvalue weighted by Crippen LogP contribution is 2.39. The third-order valence-electron chi connectivity index (χ3n) is 5.08. The summed E-state index contributed by atoms with van der Waals surface area (Å²) in [4.78, 5) is 55.8. The van der Waals surface area contributed by atoms with E-state index in [0.717, 1.165) is 0 Å². The molecule has 0 aliphatic carbocycles. The Balaban J connectivity index is 3.17. The minimum Gasteiger partial charge on any atom is -0.508 e. The molecule has 186 valence electrons. The molecule has 1 aromatic carbocycles. The van der Waals surface area contributed by atoms with Crippen LogP contribution in [0.4, 0.5) is 0 Å². The molecule has 11 nitrogen and oxygen atoms in total. The number of amides is 2. The molecule has 0 aliphatic rings. The van der Waals surface area contributed by atoms with Crippen LogP contribution in [-0.4, -0.2) is 61.7 Å². The first-order valence-corrected chi connectivity index (χ1v) is 12.2. The van der Waals surface area contributed by atoms with Crippen molar-refractivity contribution in [3.8, 4) is 5.75 Å². The normalized spacial score (nSPS) is 15.4. The Bertz CT molecular complexity index is 901. The lowest BCUT2D eigenvalue weighted by atomic mass is 9.98. The third kappa shape index (κ3) is 9.51. The van der Waals surface area contributed by atoms with Gasteiger partial charge in [0.1, 0.15) is 23.6 Å². The number of phenols is 1. The van der Waals surface area contributed by atoms with Crippen LogP contribution in [0.5, 0.6) is 5.75 Å². The van der Waals surface area contributed by atoms with Crippen LogP contribution in [0.3, 0.4) is 0 Å². The Hall–Kier alpha value is -2.46. The average molecular weight is 487 g/mol. The Labute approximate surface area is 193 Å². The van der Waals surface area contributed by atoms with Gasteiger partial charge in [0, 0.05) is 6.42 Å². The first kappa shape index (κ1) is 28.6. The van der Waals surface area contributed by atoms with Gasteiger partial charge in [0.2, 0.25) is 11.8 Å². The molecule has 0 heterocycles. The van der Waals surface area contributed by atoms with Gasteiger partial charge in [-0.1, -0.05) is 19.9 Å². The van der Waals surface area contributed by atoms with Gasteiger partial charge in [0.25, 0.3) is 0 Å². The fraction of sp³-hybridized carbons (Fsp3) is 0.571. The molecule has 7 N–H and O–H groups in total. The Morgan fingerprint density at radius 1 is 1.00 bits per heavy atom. The maximum absolute atomic E-state index is 13.0. The zero-order valence-electron chi connectivity index (χ0n) is 19.4. The minimum atomic E-state index is -4.50. The van der Waals surface area contributed by atoms with Crippen LogP contribution in [0.15, 0.2) is 18.2 Å². The number of aromatic hydroxyl groups is 1. The van der Waals surface area contributed by atoms with Crippen LogP contribution >= 0.6 is 7.60 Å². The summed E-state index contributed by atoms with van der Waals surface area (Å²) in [6.07, 6.45) is 0.257. The molecule has 0 aliphatic heterocycles. The SMILES string of the molecule is Cc1cc(O)ccc1C[C@H](NC(=O)[C@H](CC(C)C)NC(C)P(=O)(O)O)C(=O)N[C@@H](C)C(=O)O. The van der Waals surface area contributed by atoms with E-state index < -0.39 is 49.3 Å². The summed E-state index contributed by atoms with van der Waals surface area (Å²) in [5.41, 5.74) is 1.31. The van der Waals surface area contributed by atoms with Gasteiger partial charge in [0.05, 0.1) is 6.04 Å². The molecule has 1 rings (SSSR count). The molecular formula is C21H34N3O8P. The summed E-state index contributed by atoms with van der Waals surface area (Å²) in [5, 5.41) is 26.3. The van der Waals surface area contributed by atoms with Crippen LogP contribution in [0.25, 0.3) is 0 Å². The van der Waals surface area contributed by atoms with Crippen molar-refractivity contribution >= 4 is 25.4 Å². The van der Waals surface area contributed by atoms with Gasteiger partial charge in [-0.2, -0.15) is 0 Å². The summed E-state index contributed by atoms with van der Waals surface area (Å²) in [7, 11) is -4.50. The Kier molecular flexibility index (Phi) is 10.5. The molecule has 0 fully saturated rings. The summed E-state index contributed by atoms with van der Waals surface area (Å²) >= 11 is 0. The number of hydrogen-bond acceptors (Lipinski definition) is 6. The molecule has 0 radical (unpaired) electrons. The fourth-order valence-electron chi connectivity index (χ4n) is 3.10. The highest BCUT2D eigenvalue weighted by Gasteiger charge is 2.32. The smallest absolute Gasteiger partial charge is 0.342 e. The lowest BCUT2D eigenvalue weighted by molar-refractivity contribution is -0.141. The Morgan fingerprint density at radius 3 is 2.06 bits per heavy atom. The molecule has 0 aromatic heterocycles. The lowest BCUT2D eigenvalue weighted by Gasteiger charge is -2.27. The minimum absolute atomic E-state index is 0.00382. The van der Waals surface area contributed by atoms with Crippen molar-refractivity contribution in [1.82, 2.24) is 16.0 Å². The van der Waals surface area contributed by atoms with Crippen LogP contribution in [0.1, 0.15) is 45.2 Å². The van der Waals surface area contributed by atoms with Crippen LogP contribution in [0, 0.1) is 12.8 Å². The van der Waals surface area contributed by atoms with Crippen molar-refractivity contribution in [2.24, 2.45) is 5.92 Å². The van der Waals surface area contributed by atoms with Gasteiger partial charge in [-0.05, 0) is 56.4 Å². The zero-order valence-corrected chi connectivity index (χ0v) is 20.3. The van der Waals surface area contributed by atoms with E-state index in [9.17, 15) is 33.8 Å². The van der Waals surface area contributed by atoms with Gasteiger partial charge in [-0.15, -0.1) is 0 Å². The summed E-state index contributed by atoms with van der Waals surface area (Å²) in [6, 6.07) is 1.17. The van der Waals surface area contributed by atoms with E-state index in [4.69, 9.17) is 5.11 Å². The maximum Gasteiger partial charge on any atom is 0.342 e. The van der Waals surface area contributed by atoms with E-state index in [0.29, 0.717) is 11.1 Å². The van der Waals surface area contributed by atoms with Gasteiger partial charge < -0.3 is 30.6 Å². The molecular weight excluding hydrogens is 453 g/mol. The second-order valence-corrected chi connectivity index (χ2v) is 10.5. The van der Waals surface area contributed by atoms with E-state index in [-0.39, 0.29) is 24.5 Å². The summed E-state index contributed by atoms with van der Waals surface area (Å²) in [6.45, 7) is 7.94. The highest BCUT2D eigenvalue weighted by atomic mass is 31.2. The molecule has 2 amide bonds. The molecule has 1 unspecified atom stereocenters. The highest BCUT2D eigenvalue weighted by molar-refractivity contribution is 7.52. The molecule has 0 saturated carbocycles. The number of rotatable bonds is 12. The molecule has 4 atom stereocenters. The standard InChI is InChI=1S/C21H34N3O8P/c1-11(2)8-17(23-14(5)33(30,31)32)20(27)24-18(19(26)22-13(4)21(28)29)10-15-6-7-16(25)9-12(15)3/h6-7,9,11,13-14,17-18,23,25H,8,10H2,1-5H3,(H,22,26)(H,24,27)(H,28,29)(H2,30,31,32)/t13-,14?,17-,18-/m0/s1. The zero-order chi connectivity index (χ0) is 25.5. The number of carbonyl (C=O) groups excluding carboxylic acids is 2. The number of carbonyl (C=O) groups is 3. The number of carboxylic acid groups (broad SMARTS) is 1. The van der Waals surface area contributed by atoms with Gasteiger partial charge in [0.15, 0.2) is 0 Å². The molecule has 0 bridgehead atoms. The van der Waals surface area contributed by atoms with Crippen LogP contribution in [-0.2, 0) is 25.4 Å². The van der Waals surface area contributed by atoms with Gasteiger partial charge in [-0.3, -0.25) is 24.3 Å². The second kappa shape index (κ2) is 12.1.